The third-order valence-electron chi connectivity index (χ3n) is 2.03. The number of hydrogen-bond donors (Lipinski definition) is 2. The van der Waals surface area contributed by atoms with E-state index in [-0.39, 0.29) is 12.6 Å². The zero-order valence-electron chi connectivity index (χ0n) is 6.42. The molecular weight excluding hydrogens is 162 g/mol. The van der Waals surface area contributed by atoms with Crippen LogP contribution in [0.25, 0.3) is 0 Å². The van der Waals surface area contributed by atoms with E-state index in [0.717, 1.165) is 0 Å². The van der Waals surface area contributed by atoms with Crippen molar-refractivity contribution in [1.82, 2.24) is 0 Å². The van der Waals surface area contributed by atoms with Crippen molar-refractivity contribution in [2.45, 2.75) is 13.0 Å². The zero-order chi connectivity index (χ0) is 8.48. The first kappa shape index (κ1) is 8.78. The molecule has 1 rings (SSSR count). The van der Waals surface area contributed by atoms with Gasteiger partial charge in [-0.15, -0.1) is 0 Å². The molecule has 11 heavy (non-hydrogen) atoms. The number of nitrogens with two attached hydrogens (primary N) is 1. The largest absolute Gasteiger partial charge is 0.395 e. The summed E-state index contributed by atoms with van der Waals surface area (Å²) in [5, 5.41) is 9.66. The molecule has 2 atom stereocenters. The summed E-state index contributed by atoms with van der Waals surface area (Å²) in [6.45, 7) is 1.90. The molecule has 0 saturated carbocycles. The molecule has 0 spiro atoms. The number of allylic oxidation sites excluding steroid dienone is 2. The lowest BCUT2D eigenvalue weighted by atomic mass is 9.80. The van der Waals surface area contributed by atoms with E-state index >= 15 is 0 Å². The van der Waals surface area contributed by atoms with Crippen LogP contribution in [0, 0.1) is 5.41 Å². The molecule has 0 aromatic heterocycles. The Kier molecular flexibility index (Phi) is 2.37. The molecule has 0 saturated heterocycles. The van der Waals surface area contributed by atoms with Gasteiger partial charge >= 0.3 is 0 Å². The van der Waals surface area contributed by atoms with E-state index in [1.54, 1.807) is 18.2 Å². The average molecular weight is 174 g/mol. The summed E-state index contributed by atoms with van der Waals surface area (Å²) in [4.78, 5) is 0. The van der Waals surface area contributed by atoms with Gasteiger partial charge in [0.2, 0.25) is 0 Å². The van der Waals surface area contributed by atoms with Crippen LogP contribution in [0.2, 0.25) is 0 Å². The van der Waals surface area contributed by atoms with Gasteiger partial charge in [0.25, 0.3) is 0 Å². The fourth-order valence-electron chi connectivity index (χ4n) is 1.03. The summed E-state index contributed by atoms with van der Waals surface area (Å²) in [6, 6.07) is -0.144. The number of halogens is 1. The molecule has 3 heteroatoms. The summed E-state index contributed by atoms with van der Waals surface area (Å²) in [5.41, 5.74) is 5.34. The molecule has 0 heterocycles. The highest BCUT2D eigenvalue weighted by molar-refractivity contribution is 6.31. The van der Waals surface area contributed by atoms with Gasteiger partial charge in [0.1, 0.15) is 0 Å². The van der Waals surface area contributed by atoms with Gasteiger partial charge in [0.05, 0.1) is 6.61 Å². The topological polar surface area (TPSA) is 46.2 Å². The van der Waals surface area contributed by atoms with Crippen molar-refractivity contribution in [3.05, 3.63) is 23.3 Å². The molecule has 2 unspecified atom stereocenters. The minimum atomic E-state index is -0.397. The summed E-state index contributed by atoms with van der Waals surface area (Å²) in [6.07, 6.45) is 5.35. The minimum absolute atomic E-state index is 0.0225. The summed E-state index contributed by atoms with van der Waals surface area (Å²) >= 11 is 5.75. The second-order valence-corrected chi connectivity index (χ2v) is 3.51. The molecule has 62 valence electrons. The SMILES string of the molecule is CC1(CO)C=C(Cl)C=CC1N. The van der Waals surface area contributed by atoms with Crippen LogP contribution < -0.4 is 5.73 Å². The van der Waals surface area contributed by atoms with Crippen molar-refractivity contribution in [3.8, 4) is 0 Å². The molecule has 3 N–H and O–H groups in total. The molecular formula is C8H12ClNO. The van der Waals surface area contributed by atoms with Crippen molar-refractivity contribution >= 4 is 11.6 Å². The first-order valence-electron chi connectivity index (χ1n) is 3.51. The summed E-state index contributed by atoms with van der Waals surface area (Å²) in [7, 11) is 0. The molecule has 0 aromatic rings. The molecule has 0 amide bonds. The van der Waals surface area contributed by atoms with Crippen LogP contribution in [0.3, 0.4) is 0 Å². The zero-order valence-corrected chi connectivity index (χ0v) is 7.17. The van der Waals surface area contributed by atoms with E-state index in [9.17, 15) is 0 Å². The summed E-state index contributed by atoms with van der Waals surface area (Å²) < 4.78 is 0. The Hall–Kier alpha value is -0.310. The van der Waals surface area contributed by atoms with Crippen molar-refractivity contribution in [2.24, 2.45) is 11.1 Å². The van der Waals surface area contributed by atoms with Crippen LogP contribution in [0.4, 0.5) is 0 Å². The Labute approximate surface area is 71.3 Å². The monoisotopic (exact) mass is 173 g/mol. The van der Waals surface area contributed by atoms with Crippen LogP contribution >= 0.6 is 11.6 Å². The molecule has 1 aliphatic carbocycles. The second kappa shape index (κ2) is 2.97. The molecule has 0 aromatic carbocycles. The highest BCUT2D eigenvalue weighted by Crippen LogP contribution is 2.29. The van der Waals surface area contributed by atoms with E-state index in [0.29, 0.717) is 5.03 Å². The van der Waals surface area contributed by atoms with Gasteiger partial charge in [-0.05, 0) is 6.08 Å². The first-order chi connectivity index (χ1) is 5.08. The van der Waals surface area contributed by atoms with Crippen molar-refractivity contribution < 1.29 is 5.11 Å². The molecule has 0 radical (unpaired) electrons. The Morgan fingerprint density at radius 3 is 2.91 bits per heavy atom. The summed E-state index contributed by atoms with van der Waals surface area (Å²) in [5.74, 6) is 0. The van der Waals surface area contributed by atoms with E-state index in [1.165, 1.54) is 0 Å². The van der Waals surface area contributed by atoms with Crippen molar-refractivity contribution in [3.63, 3.8) is 0 Å². The molecule has 0 bridgehead atoms. The van der Waals surface area contributed by atoms with Gasteiger partial charge in [-0.25, -0.2) is 0 Å². The molecule has 2 nitrogen and oxygen atoms in total. The van der Waals surface area contributed by atoms with E-state index < -0.39 is 5.41 Å². The van der Waals surface area contributed by atoms with Gasteiger partial charge < -0.3 is 10.8 Å². The maximum Gasteiger partial charge on any atom is 0.0538 e. The van der Waals surface area contributed by atoms with Gasteiger partial charge in [0, 0.05) is 16.5 Å². The predicted molar refractivity (Wildman–Crippen MR) is 46.2 cm³/mol. The van der Waals surface area contributed by atoms with Crippen LogP contribution in [0.1, 0.15) is 6.92 Å². The molecule has 0 fully saturated rings. The van der Waals surface area contributed by atoms with Gasteiger partial charge in [-0.3, -0.25) is 0 Å². The lowest BCUT2D eigenvalue weighted by Crippen LogP contribution is -2.40. The van der Waals surface area contributed by atoms with Crippen molar-refractivity contribution in [2.75, 3.05) is 6.61 Å². The maximum atomic E-state index is 9.02. The second-order valence-electron chi connectivity index (χ2n) is 3.08. The first-order valence-corrected chi connectivity index (χ1v) is 3.89. The van der Waals surface area contributed by atoms with Gasteiger partial charge in [0.15, 0.2) is 0 Å². The quantitative estimate of drug-likeness (QED) is 0.622. The third-order valence-corrected chi connectivity index (χ3v) is 2.27. The van der Waals surface area contributed by atoms with Crippen LogP contribution in [0.15, 0.2) is 23.3 Å². The lowest BCUT2D eigenvalue weighted by molar-refractivity contribution is 0.170. The Morgan fingerprint density at radius 1 is 1.82 bits per heavy atom. The van der Waals surface area contributed by atoms with Crippen LogP contribution in [-0.4, -0.2) is 17.8 Å². The molecule has 1 aliphatic rings. The highest BCUT2D eigenvalue weighted by atomic mass is 35.5. The van der Waals surface area contributed by atoms with Crippen LogP contribution in [-0.2, 0) is 0 Å². The van der Waals surface area contributed by atoms with Gasteiger partial charge in [-0.2, -0.15) is 0 Å². The van der Waals surface area contributed by atoms with Gasteiger partial charge in [-0.1, -0.05) is 30.7 Å². The Balaban J connectivity index is 2.89. The number of hydrogen-bond acceptors (Lipinski definition) is 2. The fourth-order valence-corrected chi connectivity index (χ4v) is 1.35. The number of rotatable bonds is 1. The van der Waals surface area contributed by atoms with E-state index in [2.05, 4.69) is 0 Å². The number of aliphatic hydroxyl groups excluding tert-OH is 1. The smallest absolute Gasteiger partial charge is 0.0538 e. The average Bonchev–Trinajstić information content (AvgIpc) is 1.98. The van der Waals surface area contributed by atoms with Crippen LogP contribution in [0.5, 0.6) is 0 Å². The maximum absolute atomic E-state index is 9.02. The molecule has 0 aliphatic heterocycles. The van der Waals surface area contributed by atoms with Crippen molar-refractivity contribution in [1.29, 1.82) is 0 Å². The lowest BCUT2D eigenvalue weighted by Gasteiger charge is -2.31. The van der Waals surface area contributed by atoms with E-state index in [4.69, 9.17) is 22.4 Å². The fraction of sp³-hybridized carbons (Fsp3) is 0.500. The normalized spacial score (nSPS) is 37.1. The predicted octanol–water partition coefficient (Wildman–Crippen LogP) is 1.00. The Morgan fingerprint density at radius 2 is 2.45 bits per heavy atom. The standard InChI is InChI=1S/C8H12ClNO/c1-8(5-11)4-6(9)2-3-7(8)10/h2-4,7,11H,5,10H2,1H3. The third kappa shape index (κ3) is 1.64. The minimum Gasteiger partial charge on any atom is -0.395 e. The Bertz CT molecular complexity index is 212. The highest BCUT2D eigenvalue weighted by Gasteiger charge is 2.29. The van der Waals surface area contributed by atoms with E-state index in [1.807, 2.05) is 6.92 Å². The number of aliphatic hydroxyl groups is 1.